The molecule has 0 aliphatic carbocycles. The molecule has 0 spiro atoms. The molecule has 2 fully saturated rings. The van der Waals surface area contributed by atoms with Gasteiger partial charge in [-0.15, -0.1) is 0 Å². The van der Waals surface area contributed by atoms with Gasteiger partial charge in [0.1, 0.15) is 11.9 Å². The summed E-state index contributed by atoms with van der Waals surface area (Å²) in [4.78, 5) is 16.7. The molecule has 0 radical (unpaired) electrons. The first-order valence-corrected chi connectivity index (χ1v) is 8.64. The summed E-state index contributed by atoms with van der Waals surface area (Å²) in [6.45, 7) is 7.55. The predicted octanol–water partition coefficient (Wildman–Crippen LogP) is 1.93. The van der Waals surface area contributed by atoms with Gasteiger partial charge < -0.3 is 15.4 Å². The summed E-state index contributed by atoms with van der Waals surface area (Å²) in [5.74, 6) is -0.181. The maximum Gasteiger partial charge on any atom is 0.252 e. The van der Waals surface area contributed by atoms with Crippen LogP contribution >= 0.6 is 0 Å². The van der Waals surface area contributed by atoms with Crippen LogP contribution in [-0.4, -0.2) is 54.1 Å². The minimum atomic E-state index is -0.298. The minimum Gasteiger partial charge on any atom is -0.398 e. The first-order chi connectivity index (χ1) is 11.5. The molecule has 2 N–H and O–H groups in total. The second kappa shape index (κ2) is 7.07. The van der Waals surface area contributed by atoms with Crippen molar-refractivity contribution in [1.29, 1.82) is 0 Å². The van der Waals surface area contributed by atoms with Gasteiger partial charge >= 0.3 is 0 Å². The fraction of sp³-hybridized carbons (Fsp3) is 0.611. The van der Waals surface area contributed by atoms with Gasteiger partial charge in [0.25, 0.3) is 5.91 Å². The number of rotatable bonds is 3. The van der Waals surface area contributed by atoms with E-state index in [1.807, 2.05) is 11.8 Å². The van der Waals surface area contributed by atoms with E-state index in [0.29, 0.717) is 25.4 Å². The summed E-state index contributed by atoms with van der Waals surface area (Å²) >= 11 is 0. The van der Waals surface area contributed by atoms with Crippen molar-refractivity contribution in [3.63, 3.8) is 0 Å². The fourth-order valence-electron chi connectivity index (χ4n) is 3.63. The van der Waals surface area contributed by atoms with Gasteiger partial charge in [-0.2, -0.15) is 0 Å². The lowest BCUT2D eigenvalue weighted by Crippen LogP contribution is -2.55. The number of hydrogen-bond donors (Lipinski definition) is 1. The number of nitrogens with zero attached hydrogens (tertiary/aromatic N) is 2. The quantitative estimate of drug-likeness (QED) is 0.858. The zero-order valence-corrected chi connectivity index (χ0v) is 14.4. The molecule has 0 bridgehead atoms. The number of hydrogen-bond acceptors (Lipinski definition) is 4. The van der Waals surface area contributed by atoms with Gasteiger partial charge in [0, 0.05) is 44.5 Å². The van der Waals surface area contributed by atoms with Crippen LogP contribution in [0.1, 0.15) is 30.9 Å². The van der Waals surface area contributed by atoms with E-state index < -0.39 is 0 Å². The average molecular weight is 335 g/mol. The fourth-order valence-corrected chi connectivity index (χ4v) is 3.63. The minimum absolute atomic E-state index is 0.117. The van der Waals surface area contributed by atoms with Crippen LogP contribution in [-0.2, 0) is 16.1 Å². The molecule has 6 heteroatoms. The summed E-state index contributed by atoms with van der Waals surface area (Å²) in [6, 6.07) is 3.04. The van der Waals surface area contributed by atoms with Gasteiger partial charge in [0.05, 0.1) is 0 Å². The molecule has 1 amide bonds. The summed E-state index contributed by atoms with van der Waals surface area (Å²) in [6.07, 6.45) is 1.53. The van der Waals surface area contributed by atoms with E-state index in [1.165, 1.54) is 6.07 Å². The number of anilines is 1. The highest BCUT2D eigenvalue weighted by Gasteiger charge is 2.33. The number of nitrogens with two attached hydrogens (primary N) is 1. The van der Waals surface area contributed by atoms with Gasteiger partial charge in [-0.05, 0) is 49.9 Å². The van der Waals surface area contributed by atoms with Crippen LogP contribution in [0.4, 0.5) is 10.1 Å². The number of amides is 1. The molecular formula is C18H26FN3O2. The maximum absolute atomic E-state index is 13.6. The van der Waals surface area contributed by atoms with E-state index in [9.17, 15) is 9.18 Å². The zero-order chi connectivity index (χ0) is 17.3. The van der Waals surface area contributed by atoms with Crippen molar-refractivity contribution in [1.82, 2.24) is 9.80 Å². The van der Waals surface area contributed by atoms with Crippen molar-refractivity contribution in [3.05, 3.63) is 29.1 Å². The standard InChI is InChI=1S/C18H26FN3O2/c1-12-10-21(11-14-8-15(19)9-16(20)13(14)2)5-6-22(12)18(23)17-4-3-7-24-17/h8-9,12,17H,3-7,10-11,20H2,1-2H3/t12-,17+/m0/s1. The van der Waals surface area contributed by atoms with Crippen LogP contribution in [0.3, 0.4) is 0 Å². The Morgan fingerprint density at radius 1 is 1.42 bits per heavy atom. The number of piperazine rings is 1. The third kappa shape index (κ3) is 3.54. The van der Waals surface area contributed by atoms with Crippen molar-refractivity contribution in [2.45, 2.75) is 45.4 Å². The van der Waals surface area contributed by atoms with E-state index >= 15 is 0 Å². The molecule has 0 saturated carbocycles. The number of carbonyl (C=O) groups is 1. The molecule has 1 aromatic carbocycles. The highest BCUT2D eigenvalue weighted by atomic mass is 19.1. The van der Waals surface area contributed by atoms with Crippen LogP contribution in [0.15, 0.2) is 12.1 Å². The monoisotopic (exact) mass is 335 g/mol. The molecule has 2 atom stereocenters. The Balaban J connectivity index is 1.62. The molecule has 0 unspecified atom stereocenters. The Labute approximate surface area is 142 Å². The second-order valence-corrected chi connectivity index (χ2v) is 6.90. The molecule has 2 saturated heterocycles. The second-order valence-electron chi connectivity index (χ2n) is 6.90. The molecule has 2 aliphatic heterocycles. The Morgan fingerprint density at radius 3 is 2.88 bits per heavy atom. The molecule has 2 heterocycles. The number of ether oxygens (including phenoxy) is 1. The number of benzene rings is 1. The Hall–Kier alpha value is -1.66. The van der Waals surface area contributed by atoms with Crippen molar-refractivity contribution in [2.24, 2.45) is 0 Å². The highest BCUT2D eigenvalue weighted by molar-refractivity contribution is 5.81. The topological polar surface area (TPSA) is 58.8 Å². The lowest BCUT2D eigenvalue weighted by atomic mass is 10.0. The number of nitrogen functional groups attached to an aromatic ring is 1. The highest BCUT2D eigenvalue weighted by Crippen LogP contribution is 2.23. The van der Waals surface area contributed by atoms with Crippen LogP contribution < -0.4 is 5.73 Å². The Kier molecular flexibility index (Phi) is 5.06. The summed E-state index contributed by atoms with van der Waals surface area (Å²) in [5.41, 5.74) is 8.20. The molecule has 1 aromatic rings. The Bertz CT molecular complexity index is 617. The van der Waals surface area contributed by atoms with E-state index in [-0.39, 0.29) is 23.9 Å². The van der Waals surface area contributed by atoms with Crippen molar-refractivity contribution in [2.75, 3.05) is 32.0 Å². The number of carbonyl (C=O) groups excluding carboxylic acids is 1. The van der Waals surface area contributed by atoms with Crippen molar-refractivity contribution < 1.29 is 13.9 Å². The summed E-state index contributed by atoms with van der Waals surface area (Å²) in [5, 5.41) is 0. The summed E-state index contributed by atoms with van der Waals surface area (Å²) < 4.78 is 19.1. The lowest BCUT2D eigenvalue weighted by Gasteiger charge is -2.41. The third-order valence-corrected chi connectivity index (χ3v) is 5.11. The van der Waals surface area contributed by atoms with Gasteiger partial charge in [-0.1, -0.05) is 0 Å². The Morgan fingerprint density at radius 2 is 2.21 bits per heavy atom. The first-order valence-electron chi connectivity index (χ1n) is 8.64. The van der Waals surface area contributed by atoms with Gasteiger partial charge in [0.2, 0.25) is 0 Å². The SMILES string of the molecule is Cc1c(N)cc(F)cc1CN1CCN(C(=O)[C@H]2CCCO2)[C@@H](C)C1. The van der Waals surface area contributed by atoms with Crippen LogP contribution in [0.2, 0.25) is 0 Å². The molecule has 132 valence electrons. The van der Waals surface area contributed by atoms with E-state index in [0.717, 1.165) is 37.1 Å². The maximum atomic E-state index is 13.6. The smallest absolute Gasteiger partial charge is 0.252 e. The molecule has 0 aromatic heterocycles. The van der Waals surface area contributed by atoms with E-state index in [2.05, 4.69) is 11.8 Å². The van der Waals surface area contributed by atoms with Crippen LogP contribution in [0.25, 0.3) is 0 Å². The van der Waals surface area contributed by atoms with Crippen LogP contribution in [0, 0.1) is 12.7 Å². The zero-order valence-electron chi connectivity index (χ0n) is 14.4. The van der Waals surface area contributed by atoms with E-state index in [4.69, 9.17) is 10.5 Å². The normalized spacial score (nSPS) is 25.2. The predicted molar refractivity (Wildman–Crippen MR) is 91.0 cm³/mol. The average Bonchev–Trinajstić information content (AvgIpc) is 3.06. The van der Waals surface area contributed by atoms with Gasteiger partial charge in [0.15, 0.2) is 0 Å². The van der Waals surface area contributed by atoms with Crippen molar-refractivity contribution in [3.8, 4) is 0 Å². The molecule has 3 rings (SSSR count). The van der Waals surface area contributed by atoms with Gasteiger partial charge in [-0.25, -0.2) is 4.39 Å². The first kappa shape index (κ1) is 17.2. The molecular weight excluding hydrogens is 309 g/mol. The summed E-state index contributed by atoms with van der Waals surface area (Å²) in [7, 11) is 0. The molecule has 24 heavy (non-hydrogen) atoms. The van der Waals surface area contributed by atoms with Crippen molar-refractivity contribution >= 4 is 11.6 Å². The van der Waals surface area contributed by atoms with E-state index in [1.54, 1.807) is 6.07 Å². The lowest BCUT2D eigenvalue weighted by molar-refractivity contribution is -0.145. The van der Waals surface area contributed by atoms with Gasteiger partial charge in [-0.3, -0.25) is 9.69 Å². The largest absolute Gasteiger partial charge is 0.398 e. The third-order valence-electron chi connectivity index (χ3n) is 5.11. The molecule has 5 nitrogen and oxygen atoms in total. The number of halogens is 1. The molecule has 2 aliphatic rings. The van der Waals surface area contributed by atoms with Crippen LogP contribution in [0.5, 0.6) is 0 Å².